The molecule has 0 aromatic heterocycles. The normalized spacial score (nSPS) is 11.6. The average Bonchev–Trinajstić information content (AvgIpc) is 2.04. The molecule has 0 heterocycles. The Morgan fingerprint density at radius 3 is 2.31 bits per heavy atom. The summed E-state index contributed by atoms with van der Waals surface area (Å²) < 4.78 is 0. The summed E-state index contributed by atoms with van der Waals surface area (Å²) in [5.74, 6) is 0. The van der Waals surface area contributed by atoms with Crippen LogP contribution in [0.1, 0.15) is 25.8 Å². The molecular weight excluding hydrogens is 160 g/mol. The Balaban J connectivity index is 2.58. The van der Waals surface area contributed by atoms with Crippen LogP contribution in [0, 0.1) is 5.41 Å². The van der Waals surface area contributed by atoms with E-state index in [1.165, 1.54) is 5.56 Å². The molecule has 13 heavy (non-hydrogen) atoms. The highest BCUT2D eigenvalue weighted by atomic mass is 16.3. The van der Waals surface area contributed by atoms with E-state index in [0.717, 1.165) is 12.8 Å². The summed E-state index contributed by atoms with van der Waals surface area (Å²) in [6.45, 7) is 4.66. The number of aliphatic hydroxyl groups excluding tert-OH is 1. The van der Waals surface area contributed by atoms with E-state index in [-0.39, 0.29) is 12.0 Å². The lowest BCUT2D eigenvalue weighted by Gasteiger charge is -2.23. The molecule has 0 spiro atoms. The highest BCUT2D eigenvalue weighted by Gasteiger charge is 2.17. The van der Waals surface area contributed by atoms with Gasteiger partial charge >= 0.3 is 0 Å². The maximum atomic E-state index is 8.88. The Kier molecular flexibility index (Phi) is 3.49. The van der Waals surface area contributed by atoms with Crippen LogP contribution in [0.2, 0.25) is 0 Å². The van der Waals surface area contributed by atoms with Crippen LogP contribution in [0.4, 0.5) is 0 Å². The molecule has 1 aromatic carbocycles. The van der Waals surface area contributed by atoms with Gasteiger partial charge in [0.2, 0.25) is 0 Å². The molecule has 0 bridgehead atoms. The highest BCUT2D eigenvalue weighted by Crippen LogP contribution is 2.25. The van der Waals surface area contributed by atoms with Gasteiger partial charge in [-0.15, -0.1) is 0 Å². The first-order chi connectivity index (χ1) is 6.14. The summed E-state index contributed by atoms with van der Waals surface area (Å²) in [6, 6.07) is 10.4. The second-order valence-corrected chi connectivity index (χ2v) is 4.30. The van der Waals surface area contributed by atoms with Crippen molar-refractivity contribution in [1.82, 2.24) is 0 Å². The molecule has 1 heteroatoms. The van der Waals surface area contributed by atoms with Gasteiger partial charge in [0.05, 0.1) is 0 Å². The van der Waals surface area contributed by atoms with Crippen molar-refractivity contribution in [3.63, 3.8) is 0 Å². The Morgan fingerprint density at radius 2 is 1.77 bits per heavy atom. The minimum atomic E-state index is 0.204. The first kappa shape index (κ1) is 10.3. The fourth-order valence-corrected chi connectivity index (χ4v) is 1.54. The Labute approximate surface area is 80.4 Å². The third-order valence-corrected chi connectivity index (χ3v) is 2.31. The van der Waals surface area contributed by atoms with Crippen LogP contribution < -0.4 is 0 Å². The summed E-state index contributed by atoms with van der Waals surface area (Å²) in [5, 5.41) is 8.88. The van der Waals surface area contributed by atoms with Crippen molar-refractivity contribution in [1.29, 1.82) is 0 Å². The molecule has 72 valence electrons. The number of rotatable bonds is 4. The molecule has 1 nitrogen and oxygen atoms in total. The van der Waals surface area contributed by atoms with E-state index in [4.69, 9.17) is 5.11 Å². The van der Waals surface area contributed by atoms with Gasteiger partial charge in [0.1, 0.15) is 0 Å². The smallest absolute Gasteiger partial charge is 0.0436 e. The molecule has 0 fully saturated rings. The van der Waals surface area contributed by atoms with E-state index in [1.54, 1.807) is 0 Å². The zero-order valence-electron chi connectivity index (χ0n) is 8.46. The van der Waals surface area contributed by atoms with Crippen molar-refractivity contribution in [3.05, 3.63) is 35.9 Å². The van der Waals surface area contributed by atoms with Crippen molar-refractivity contribution >= 4 is 0 Å². The lowest BCUT2D eigenvalue weighted by molar-refractivity contribution is 0.211. The van der Waals surface area contributed by atoms with Gasteiger partial charge in [0.15, 0.2) is 0 Å². The van der Waals surface area contributed by atoms with E-state index < -0.39 is 0 Å². The monoisotopic (exact) mass is 178 g/mol. The molecule has 1 N–H and O–H groups in total. The molecule has 0 aliphatic carbocycles. The number of hydrogen-bond donors (Lipinski definition) is 1. The van der Waals surface area contributed by atoms with Gasteiger partial charge in [-0.1, -0.05) is 44.2 Å². The van der Waals surface area contributed by atoms with Gasteiger partial charge in [-0.3, -0.25) is 0 Å². The van der Waals surface area contributed by atoms with Crippen LogP contribution in [0.5, 0.6) is 0 Å². The number of benzene rings is 1. The molecule has 0 aliphatic rings. The molecule has 0 atom stereocenters. The molecule has 0 saturated carbocycles. The van der Waals surface area contributed by atoms with Crippen LogP contribution >= 0.6 is 0 Å². The second kappa shape index (κ2) is 4.43. The summed E-state index contributed by atoms with van der Waals surface area (Å²) in [6.07, 6.45) is 1.90. The minimum absolute atomic E-state index is 0.204. The molecule has 1 rings (SSSR count). The van der Waals surface area contributed by atoms with Gasteiger partial charge in [-0.25, -0.2) is 0 Å². The van der Waals surface area contributed by atoms with Crippen LogP contribution in [0.15, 0.2) is 30.3 Å². The summed E-state index contributed by atoms with van der Waals surface area (Å²) in [4.78, 5) is 0. The van der Waals surface area contributed by atoms with Crippen molar-refractivity contribution in [2.45, 2.75) is 26.7 Å². The van der Waals surface area contributed by atoms with E-state index in [1.807, 2.05) is 6.07 Å². The lowest BCUT2D eigenvalue weighted by atomic mass is 9.83. The fraction of sp³-hybridized carbons (Fsp3) is 0.500. The quantitative estimate of drug-likeness (QED) is 0.751. The topological polar surface area (TPSA) is 20.2 Å². The minimum Gasteiger partial charge on any atom is -0.396 e. The van der Waals surface area contributed by atoms with E-state index >= 15 is 0 Å². The maximum Gasteiger partial charge on any atom is 0.0436 e. The van der Waals surface area contributed by atoms with Crippen molar-refractivity contribution in [2.75, 3.05) is 6.61 Å². The molecule has 1 aromatic rings. The lowest BCUT2D eigenvalue weighted by Crippen LogP contribution is -2.16. The Bertz CT molecular complexity index is 239. The van der Waals surface area contributed by atoms with Gasteiger partial charge in [-0.2, -0.15) is 0 Å². The first-order valence-corrected chi connectivity index (χ1v) is 4.79. The SMILES string of the molecule is CC(C)(CCO)Cc1ccccc1. The zero-order chi connectivity index (χ0) is 9.73. The summed E-state index contributed by atoms with van der Waals surface area (Å²) in [7, 11) is 0. The van der Waals surface area contributed by atoms with E-state index in [2.05, 4.69) is 38.1 Å². The summed E-state index contributed by atoms with van der Waals surface area (Å²) >= 11 is 0. The predicted octanol–water partition coefficient (Wildman–Crippen LogP) is 2.64. The molecule has 0 unspecified atom stereocenters. The average molecular weight is 178 g/mol. The van der Waals surface area contributed by atoms with Crippen LogP contribution in [-0.4, -0.2) is 11.7 Å². The summed E-state index contributed by atoms with van der Waals surface area (Å²) in [5.41, 5.74) is 1.55. The fourth-order valence-electron chi connectivity index (χ4n) is 1.54. The zero-order valence-corrected chi connectivity index (χ0v) is 8.46. The van der Waals surface area contributed by atoms with Gasteiger partial charge in [0, 0.05) is 6.61 Å². The first-order valence-electron chi connectivity index (χ1n) is 4.79. The van der Waals surface area contributed by atoms with Gasteiger partial charge in [0.25, 0.3) is 0 Å². The Morgan fingerprint density at radius 1 is 1.15 bits per heavy atom. The molecule has 0 saturated heterocycles. The van der Waals surface area contributed by atoms with E-state index in [9.17, 15) is 0 Å². The molecule has 0 amide bonds. The predicted molar refractivity (Wildman–Crippen MR) is 55.6 cm³/mol. The van der Waals surface area contributed by atoms with Crippen LogP contribution in [-0.2, 0) is 6.42 Å². The van der Waals surface area contributed by atoms with Gasteiger partial charge in [-0.05, 0) is 23.8 Å². The van der Waals surface area contributed by atoms with Crippen molar-refractivity contribution < 1.29 is 5.11 Å². The number of hydrogen-bond acceptors (Lipinski definition) is 1. The van der Waals surface area contributed by atoms with Crippen LogP contribution in [0.3, 0.4) is 0 Å². The number of aliphatic hydroxyl groups is 1. The van der Waals surface area contributed by atoms with Crippen molar-refractivity contribution in [2.24, 2.45) is 5.41 Å². The largest absolute Gasteiger partial charge is 0.396 e. The molecule has 0 aliphatic heterocycles. The standard InChI is InChI=1S/C12H18O/c1-12(2,8-9-13)10-11-6-4-3-5-7-11/h3-7,13H,8-10H2,1-2H3. The van der Waals surface area contributed by atoms with Crippen LogP contribution in [0.25, 0.3) is 0 Å². The second-order valence-electron chi connectivity index (χ2n) is 4.30. The van der Waals surface area contributed by atoms with E-state index in [0.29, 0.717) is 0 Å². The maximum absolute atomic E-state index is 8.88. The van der Waals surface area contributed by atoms with Crippen molar-refractivity contribution in [3.8, 4) is 0 Å². The molecular formula is C12H18O. The third kappa shape index (κ3) is 3.60. The Hall–Kier alpha value is -0.820. The highest BCUT2D eigenvalue weighted by molar-refractivity contribution is 5.16. The third-order valence-electron chi connectivity index (χ3n) is 2.31. The molecule has 0 radical (unpaired) electrons. The van der Waals surface area contributed by atoms with Gasteiger partial charge < -0.3 is 5.11 Å².